The first-order valence-electron chi connectivity index (χ1n) is 6.51. The molecule has 3 rings (SSSR count). The summed E-state index contributed by atoms with van der Waals surface area (Å²) in [5.74, 6) is 0.688. The molecular formula is C13H13N5O4S. The number of nitrogens with one attached hydrogen (secondary N) is 3. The molecule has 0 radical (unpaired) electrons. The molecule has 0 saturated carbocycles. The van der Waals surface area contributed by atoms with E-state index in [1.54, 1.807) is 6.07 Å². The van der Waals surface area contributed by atoms with Gasteiger partial charge in [-0.05, 0) is 19.2 Å². The minimum Gasteiger partial charge on any atom is -0.496 e. The van der Waals surface area contributed by atoms with Crippen molar-refractivity contribution < 1.29 is 13.2 Å². The molecule has 0 fully saturated rings. The Hall–Kier alpha value is -2.72. The highest BCUT2D eigenvalue weighted by molar-refractivity contribution is 7.89. The van der Waals surface area contributed by atoms with Crippen molar-refractivity contribution >= 4 is 21.1 Å². The van der Waals surface area contributed by atoms with E-state index in [0.29, 0.717) is 22.7 Å². The van der Waals surface area contributed by atoms with Crippen LogP contribution in [-0.4, -0.2) is 42.7 Å². The van der Waals surface area contributed by atoms with Crippen LogP contribution in [0.25, 0.3) is 22.4 Å². The van der Waals surface area contributed by atoms with Crippen LogP contribution in [0.15, 0.2) is 34.1 Å². The van der Waals surface area contributed by atoms with Gasteiger partial charge in [-0.3, -0.25) is 4.79 Å². The van der Waals surface area contributed by atoms with Crippen molar-refractivity contribution in [1.82, 2.24) is 24.9 Å². The second-order valence-electron chi connectivity index (χ2n) is 4.62. The molecule has 0 aliphatic carbocycles. The topological polar surface area (TPSA) is 130 Å². The molecule has 2 heterocycles. The molecule has 0 spiro atoms. The maximum Gasteiger partial charge on any atom is 0.292 e. The molecule has 0 amide bonds. The number of hydrogen-bond acceptors (Lipinski definition) is 6. The number of sulfonamides is 1. The largest absolute Gasteiger partial charge is 0.496 e. The van der Waals surface area contributed by atoms with Gasteiger partial charge in [-0.15, -0.1) is 0 Å². The van der Waals surface area contributed by atoms with Crippen LogP contribution in [0, 0.1) is 0 Å². The molecule has 0 atom stereocenters. The van der Waals surface area contributed by atoms with Gasteiger partial charge in [-0.25, -0.2) is 23.2 Å². The Morgan fingerprint density at radius 2 is 2.09 bits per heavy atom. The van der Waals surface area contributed by atoms with Gasteiger partial charge in [0.1, 0.15) is 11.6 Å². The molecule has 120 valence electrons. The summed E-state index contributed by atoms with van der Waals surface area (Å²) in [6.45, 7) is 0. The van der Waals surface area contributed by atoms with Crippen molar-refractivity contribution in [3.63, 3.8) is 0 Å². The number of aromatic amines is 2. The molecule has 10 heteroatoms. The van der Waals surface area contributed by atoms with E-state index in [4.69, 9.17) is 4.74 Å². The summed E-state index contributed by atoms with van der Waals surface area (Å²) in [7, 11) is -0.837. The molecule has 3 aromatic rings. The predicted octanol–water partition coefficient (Wildman–Crippen LogP) is 0.230. The fourth-order valence-electron chi connectivity index (χ4n) is 2.14. The molecule has 3 N–H and O–H groups in total. The van der Waals surface area contributed by atoms with Crippen LogP contribution in [-0.2, 0) is 10.0 Å². The fraction of sp³-hybridized carbons (Fsp3) is 0.154. The maximum absolute atomic E-state index is 11.9. The zero-order valence-corrected chi connectivity index (χ0v) is 13.1. The average Bonchev–Trinajstić information content (AvgIpc) is 2.99. The van der Waals surface area contributed by atoms with E-state index in [-0.39, 0.29) is 10.4 Å². The van der Waals surface area contributed by atoms with Crippen LogP contribution >= 0.6 is 0 Å². The molecular weight excluding hydrogens is 322 g/mol. The SMILES string of the molecule is CNS(=O)(=O)c1ccc(-c2nc3c(=O)[nH]ncc3[nH]2)c(OC)c1. The molecule has 23 heavy (non-hydrogen) atoms. The second kappa shape index (κ2) is 5.48. The van der Waals surface area contributed by atoms with Gasteiger partial charge < -0.3 is 9.72 Å². The van der Waals surface area contributed by atoms with Gasteiger partial charge in [-0.1, -0.05) is 0 Å². The highest BCUT2D eigenvalue weighted by atomic mass is 32.2. The van der Waals surface area contributed by atoms with Gasteiger partial charge in [0.15, 0.2) is 5.52 Å². The van der Waals surface area contributed by atoms with Crippen molar-refractivity contribution in [1.29, 1.82) is 0 Å². The molecule has 9 nitrogen and oxygen atoms in total. The average molecular weight is 335 g/mol. The summed E-state index contributed by atoms with van der Waals surface area (Å²) in [6.07, 6.45) is 1.44. The van der Waals surface area contributed by atoms with Crippen molar-refractivity contribution in [2.45, 2.75) is 4.90 Å². The van der Waals surface area contributed by atoms with Gasteiger partial charge in [0.25, 0.3) is 5.56 Å². The van der Waals surface area contributed by atoms with Crippen LogP contribution in [0.2, 0.25) is 0 Å². The first kappa shape index (κ1) is 15.2. The third-order valence-electron chi connectivity index (χ3n) is 3.31. The van der Waals surface area contributed by atoms with Crippen LogP contribution in [0.1, 0.15) is 0 Å². The number of aromatic nitrogens is 4. The highest BCUT2D eigenvalue weighted by Gasteiger charge is 2.17. The molecule has 0 saturated heterocycles. The van der Waals surface area contributed by atoms with E-state index < -0.39 is 15.6 Å². The number of benzene rings is 1. The Morgan fingerprint density at radius 1 is 1.30 bits per heavy atom. The standard InChI is InChI=1S/C13H13N5O4S/c1-14-23(20,21)7-3-4-8(10(5-7)22-2)12-16-9-6-15-18-13(19)11(9)17-12/h3-6,14H,1-2H3,(H,16,17)(H,18,19). The van der Waals surface area contributed by atoms with E-state index in [1.807, 2.05) is 0 Å². The van der Waals surface area contributed by atoms with Gasteiger partial charge in [0.2, 0.25) is 10.0 Å². The quantitative estimate of drug-likeness (QED) is 0.626. The lowest BCUT2D eigenvalue weighted by atomic mass is 10.2. The normalized spacial score (nSPS) is 11.7. The molecule has 0 unspecified atom stereocenters. The Labute approximate surface area is 130 Å². The van der Waals surface area contributed by atoms with Gasteiger partial charge >= 0.3 is 0 Å². The Balaban J connectivity index is 2.19. The molecule has 0 aliphatic rings. The lowest BCUT2D eigenvalue weighted by Crippen LogP contribution is -2.18. The molecule has 0 bridgehead atoms. The smallest absolute Gasteiger partial charge is 0.292 e. The number of nitrogens with zero attached hydrogens (tertiary/aromatic N) is 2. The number of fused-ring (bicyclic) bond motifs is 1. The van der Waals surface area contributed by atoms with Crippen LogP contribution in [0.5, 0.6) is 5.75 Å². The van der Waals surface area contributed by atoms with E-state index in [0.717, 1.165) is 0 Å². The van der Waals surface area contributed by atoms with E-state index in [9.17, 15) is 13.2 Å². The first-order valence-corrected chi connectivity index (χ1v) is 8.00. The Kier molecular flexibility index (Phi) is 3.62. The first-order chi connectivity index (χ1) is 11.0. The minimum absolute atomic E-state index is 0.0659. The summed E-state index contributed by atoms with van der Waals surface area (Å²) in [4.78, 5) is 18.9. The molecule has 2 aromatic heterocycles. The van der Waals surface area contributed by atoms with Crippen LogP contribution in [0.3, 0.4) is 0 Å². The van der Waals surface area contributed by atoms with Crippen LogP contribution < -0.4 is 15.0 Å². The minimum atomic E-state index is -3.59. The summed E-state index contributed by atoms with van der Waals surface area (Å²) in [5, 5.41) is 5.99. The number of hydrogen-bond donors (Lipinski definition) is 3. The summed E-state index contributed by atoms with van der Waals surface area (Å²) in [5.41, 5.74) is 0.790. The van der Waals surface area contributed by atoms with E-state index in [1.165, 1.54) is 32.5 Å². The van der Waals surface area contributed by atoms with E-state index in [2.05, 4.69) is 24.9 Å². The number of imidazole rings is 1. The highest BCUT2D eigenvalue weighted by Crippen LogP contribution is 2.31. The number of methoxy groups -OCH3 is 1. The van der Waals surface area contributed by atoms with Gasteiger partial charge in [0.05, 0.1) is 29.3 Å². The zero-order valence-electron chi connectivity index (χ0n) is 12.2. The zero-order chi connectivity index (χ0) is 16.6. The predicted molar refractivity (Wildman–Crippen MR) is 82.7 cm³/mol. The lowest BCUT2D eigenvalue weighted by Gasteiger charge is -2.09. The molecule has 0 aliphatic heterocycles. The van der Waals surface area contributed by atoms with Crippen molar-refractivity contribution in [2.75, 3.05) is 14.2 Å². The van der Waals surface area contributed by atoms with E-state index >= 15 is 0 Å². The lowest BCUT2D eigenvalue weighted by molar-refractivity contribution is 0.415. The number of ether oxygens (including phenoxy) is 1. The van der Waals surface area contributed by atoms with Crippen molar-refractivity contribution in [3.8, 4) is 17.1 Å². The summed E-state index contributed by atoms with van der Waals surface area (Å²) < 4.78 is 31.2. The van der Waals surface area contributed by atoms with Crippen molar-refractivity contribution in [3.05, 3.63) is 34.7 Å². The Morgan fingerprint density at radius 3 is 2.74 bits per heavy atom. The summed E-state index contributed by atoms with van der Waals surface area (Å²) >= 11 is 0. The van der Waals surface area contributed by atoms with Gasteiger partial charge in [-0.2, -0.15) is 5.10 Å². The van der Waals surface area contributed by atoms with Gasteiger partial charge in [0, 0.05) is 6.07 Å². The molecule has 1 aromatic carbocycles. The Bertz CT molecular complexity index is 1040. The summed E-state index contributed by atoms with van der Waals surface area (Å²) in [6, 6.07) is 4.37. The second-order valence-corrected chi connectivity index (χ2v) is 6.50. The number of rotatable bonds is 4. The number of H-pyrrole nitrogens is 2. The third-order valence-corrected chi connectivity index (χ3v) is 4.73. The van der Waals surface area contributed by atoms with Crippen molar-refractivity contribution in [2.24, 2.45) is 0 Å². The monoisotopic (exact) mass is 335 g/mol. The third kappa shape index (κ3) is 2.58. The fourth-order valence-corrected chi connectivity index (χ4v) is 2.89. The van der Waals surface area contributed by atoms with Crippen LogP contribution in [0.4, 0.5) is 0 Å². The maximum atomic E-state index is 11.9.